The molecule has 2 unspecified atom stereocenters. The Kier molecular flexibility index (Phi) is 11.4. The Morgan fingerprint density at radius 1 is 0.933 bits per heavy atom. The number of benzene rings is 2. The van der Waals surface area contributed by atoms with Gasteiger partial charge in [-0.2, -0.15) is 13.2 Å². The van der Waals surface area contributed by atoms with E-state index in [0.717, 1.165) is 10.1 Å². The average Bonchev–Trinajstić information content (AvgIpc) is 2.95. The molecule has 0 aliphatic rings. The van der Waals surface area contributed by atoms with Crippen LogP contribution in [0.1, 0.15) is 40.2 Å². The van der Waals surface area contributed by atoms with Crippen molar-refractivity contribution in [2.45, 2.75) is 84.2 Å². The number of halogens is 3. The predicted molar refractivity (Wildman–Crippen MR) is 171 cm³/mol. The van der Waals surface area contributed by atoms with Crippen molar-refractivity contribution < 1.29 is 31.9 Å². The topological polar surface area (TPSA) is 98.7 Å². The van der Waals surface area contributed by atoms with Gasteiger partial charge in [0.1, 0.15) is 18.8 Å². The van der Waals surface area contributed by atoms with Gasteiger partial charge in [-0.3, -0.25) is 14.9 Å². The summed E-state index contributed by atoms with van der Waals surface area (Å²) in [4.78, 5) is 39.4. The van der Waals surface area contributed by atoms with Gasteiger partial charge in [0, 0.05) is 11.8 Å². The largest absolute Gasteiger partial charge is 0.444 e. The summed E-state index contributed by atoms with van der Waals surface area (Å²) in [5, 5.41) is 4.45. The van der Waals surface area contributed by atoms with E-state index in [0.29, 0.717) is 11.1 Å². The van der Waals surface area contributed by atoms with Crippen LogP contribution in [0.3, 0.4) is 0 Å². The second kappa shape index (κ2) is 14.5. The number of nitrogens with one attached hydrogen (secondary N) is 2. The van der Waals surface area contributed by atoms with Crippen molar-refractivity contribution in [3.05, 3.63) is 88.8 Å². The van der Waals surface area contributed by atoms with Crippen molar-refractivity contribution in [1.29, 1.82) is 0 Å². The third kappa shape index (κ3) is 9.79. The van der Waals surface area contributed by atoms with Gasteiger partial charge in [0.2, 0.25) is 5.91 Å². The van der Waals surface area contributed by atoms with Crippen LogP contribution in [0.25, 0.3) is 11.1 Å². The van der Waals surface area contributed by atoms with Crippen molar-refractivity contribution in [1.82, 2.24) is 9.88 Å². The number of anilines is 1. The van der Waals surface area contributed by atoms with E-state index >= 15 is 0 Å². The molecule has 244 valence electrons. The fourth-order valence-corrected chi connectivity index (χ4v) is 5.59. The van der Waals surface area contributed by atoms with Crippen LogP contribution < -0.4 is 16.2 Å². The molecule has 45 heavy (non-hydrogen) atoms. The van der Waals surface area contributed by atoms with Gasteiger partial charge in [-0.25, -0.2) is 4.79 Å². The van der Waals surface area contributed by atoms with E-state index in [4.69, 9.17) is 9.16 Å². The zero-order valence-corrected chi connectivity index (χ0v) is 27.7. The van der Waals surface area contributed by atoms with Crippen molar-refractivity contribution >= 4 is 26.0 Å². The van der Waals surface area contributed by atoms with Gasteiger partial charge in [0.05, 0.1) is 6.04 Å². The smallest absolute Gasteiger partial charge is 0.415 e. The van der Waals surface area contributed by atoms with Crippen LogP contribution in [-0.4, -0.2) is 43.2 Å². The number of amides is 2. The van der Waals surface area contributed by atoms with Crippen LogP contribution in [0, 0.1) is 5.92 Å². The van der Waals surface area contributed by atoms with Crippen molar-refractivity contribution in [3.8, 4) is 11.1 Å². The van der Waals surface area contributed by atoms with E-state index in [-0.39, 0.29) is 12.3 Å². The second-order valence-electron chi connectivity index (χ2n) is 12.8. The lowest BCUT2D eigenvalue weighted by molar-refractivity contribution is -0.210. The molecule has 2 atom stereocenters. The Bertz CT molecular complexity index is 1500. The number of hydrogen-bond donors (Lipinski definition) is 2. The maximum atomic E-state index is 14.4. The SMILES string of the molecule is CC(C)C(NC(=O)Cn1cc(-c2ccccc2)cc(NC(=O)OCc2ccccc2)c1=O)C(O[Si](C)(C)C(C)(C)C)C(F)(F)F. The Morgan fingerprint density at radius 2 is 1.51 bits per heavy atom. The number of pyridine rings is 1. The summed E-state index contributed by atoms with van der Waals surface area (Å²) < 4.78 is 55.4. The molecule has 2 amide bonds. The first kappa shape index (κ1) is 35.6. The number of nitrogens with zero attached hydrogens (tertiary/aromatic N) is 1. The number of carbonyl (C=O) groups excluding carboxylic acids is 2. The number of hydrogen-bond acceptors (Lipinski definition) is 5. The second-order valence-corrected chi connectivity index (χ2v) is 17.6. The molecule has 3 rings (SSSR count). The van der Waals surface area contributed by atoms with Gasteiger partial charge in [0.25, 0.3) is 5.56 Å². The summed E-state index contributed by atoms with van der Waals surface area (Å²) in [5.74, 6) is -1.46. The van der Waals surface area contributed by atoms with Gasteiger partial charge in [-0.1, -0.05) is 95.3 Å². The zero-order chi connectivity index (χ0) is 33.6. The number of rotatable bonds is 11. The molecule has 0 saturated carbocycles. The van der Waals surface area contributed by atoms with Gasteiger partial charge in [-0.05, 0) is 41.2 Å². The molecule has 2 N–H and O–H groups in total. The quantitative estimate of drug-likeness (QED) is 0.213. The minimum absolute atomic E-state index is 0.0322. The highest BCUT2D eigenvalue weighted by Crippen LogP contribution is 2.41. The summed E-state index contributed by atoms with van der Waals surface area (Å²) in [6.07, 6.45) is -6.45. The molecule has 0 saturated heterocycles. The monoisotopic (exact) mass is 645 g/mol. The molecule has 8 nitrogen and oxygen atoms in total. The van der Waals surface area contributed by atoms with Crippen LogP contribution in [0.2, 0.25) is 18.1 Å². The first-order valence-corrected chi connectivity index (χ1v) is 17.6. The molecule has 3 aromatic rings. The Morgan fingerprint density at radius 3 is 2.04 bits per heavy atom. The fraction of sp³-hybridized carbons (Fsp3) is 0.424. The summed E-state index contributed by atoms with van der Waals surface area (Å²) in [6, 6.07) is 18.0. The third-order valence-electron chi connectivity index (χ3n) is 7.88. The first-order chi connectivity index (χ1) is 20.9. The minimum Gasteiger partial charge on any atom is -0.444 e. The lowest BCUT2D eigenvalue weighted by atomic mass is 9.98. The van der Waals surface area contributed by atoms with Gasteiger partial charge >= 0.3 is 12.3 Å². The predicted octanol–water partition coefficient (Wildman–Crippen LogP) is 7.36. The Balaban J connectivity index is 1.90. The zero-order valence-electron chi connectivity index (χ0n) is 26.7. The number of carbonyl (C=O) groups is 2. The molecule has 0 spiro atoms. The fourth-order valence-electron chi connectivity index (χ4n) is 4.32. The van der Waals surface area contributed by atoms with E-state index in [1.807, 2.05) is 32.9 Å². The molecule has 1 heterocycles. The lowest BCUT2D eigenvalue weighted by Crippen LogP contribution is -2.59. The van der Waals surface area contributed by atoms with Crippen LogP contribution in [0.5, 0.6) is 0 Å². The Hall–Kier alpha value is -3.90. The van der Waals surface area contributed by atoms with Gasteiger partial charge in [-0.15, -0.1) is 0 Å². The average molecular weight is 646 g/mol. The Labute approximate surface area is 263 Å². The molecular formula is C33H42F3N3O5Si. The van der Waals surface area contributed by atoms with E-state index in [1.54, 1.807) is 75.5 Å². The molecule has 0 radical (unpaired) electrons. The van der Waals surface area contributed by atoms with Gasteiger partial charge < -0.3 is 19.0 Å². The maximum Gasteiger partial charge on any atom is 0.415 e. The standard InChI is InChI=1S/C33H42F3N3O5Si/c1-22(2)28(29(33(34,35)36)44-45(6,7)32(3,4)5)38-27(40)20-39-19-25(24-16-12-9-13-17-24)18-26(30(39)41)37-31(42)43-21-23-14-10-8-11-15-23/h8-19,22,28-29H,20-21H2,1-7H3,(H,37,42)(H,38,40). The highest BCUT2D eigenvalue weighted by atomic mass is 28.4. The van der Waals surface area contributed by atoms with Crippen molar-refractivity contribution in [3.63, 3.8) is 0 Å². The van der Waals surface area contributed by atoms with Crippen LogP contribution in [0.15, 0.2) is 77.7 Å². The summed E-state index contributed by atoms with van der Waals surface area (Å²) in [5.41, 5.74) is 1.04. The van der Waals surface area contributed by atoms with E-state index in [9.17, 15) is 27.6 Å². The molecule has 0 fully saturated rings. The van der Waals surface area contributed by atoms with Crippen LogP contribution in [-0.2, 0) is 27.1 Å². The van der Waals surface area contributed by atoms with Gasteiger partial charge in [0.15, 0.2) is 14.4 Å². The van der Waals surface area contributed by atoms with Crippen molar-refractivity contribution in [2.75, 3.05) is 5.32 Å². The minimum atomic E-state index is -4.75. The molecule has 12 heteroatoms. The van der Waals surface area contributed by atoms with E-state index in [1.165, 1.54) is 12.3 Å². The third-order valence-corrected chi connectivity index (χ3v) is 12.3. The molecule has 0 aliphatic carbocycles. The van der Waals surface area contributed by atoms with Crippen molar-refractivity contribution in [2.24, 2.45) is 5.92 Å². The summed E-state index contributed by atoms with van der Waals surface area (Å²) >= 11 is 0. The molecule has 0 aliphatic heterocycles. The normalized spacial score (nSPS) is 13.7. The lowest BCUT2D eigenvalue weighted by Gasteiger charge is -2.42. The molecule has 2 aromatic carbocycles. The van der Waals surface area contributed by atoms with E-state index < -0.39 is 61.7 Å². The number of ether oxygens (including phenoxy) is 1. The highest BCUT2D eigenvalue weighted by molar-refractivity contribution is 6.74. The van der Waals surface area contributed by atoms with Crippen LogP contribution in [0.4, 0.5) is 23.7 Å². The van der Waals surface area contributed by atoms with Crippen LogP contribution >= 0.6 is 0 Å². The highest BCUT2D eigenvalue weighted by Gasteiger charge is 2.52. The molecule has 0 bridgehead atoms. The molecular weight excluding hydrogens is 603 g/mol. The number of aromatic nitrogens is 1. The maximum absolute atomic E-state index is 14.4. The summed E-state index contributed by atoms with van der Waals surface area (Å²) in [7, 11) is -2.90. The van der Waals surface area contributed by atoms with E-state index in [2.05, 4.69) is 10.6 Å². The summed E-state index contributed by atoms with van der Waals surface area (Å²) in [6.45, 7) is 11.5. The first-order valence-electron chi connectivity index (χ1n) is 14.7. The number of alkyl halides is 3. The molecule has 1 aromatic heterocycles.